The van der Waals surface area contributed by atoms with E-state index in [2.05, 4.69) is 15.9 Å². The number of alkyl halides is 1. The van der Waals surface area contributed by atoms with Crippen LogP contribution in [-0.2, 0) is 11.2 Å². The van der Waals surface area contributed by atoms with E-state index in [9.17, 15) is 4.79 Å². The maximum Gasteiger partial charge on any atom is 0.317 e. The van der Waals surface area contributed by atoms with Crippen LogP contribution in [-0.4, -0.2) is 22.5 Å². The van der Waals surface area contributed by atoms with Crippen molar-refractivity contribution in [2.45, 2.75) is 18.2 Å². The third-order valence-corrected chi connectivity index (χ3v) is 2.63. The average Bonchev–Trinajstić information content (AvgIpc) is 2.21. The molecule has 0 saturated carbocycles. The molecule has 82 valence electrons. The van der Waals surface area contributed by atoms with Gasteiger partial charge in [-0.3, -0.25) is 4.79 Å². The normalized spacial score (nSPS) is 12.1. The summed E-state index contributed by atoms with van der Waals surface area (Å²) in [6.07, 6.45) is 0.474. The Kier molecular flexibility index (Phi) is 4.62. The van der Waals surface area contributed by atoms with Crippen molar-refractivity contribution < 1.29 is 14.6 Å². The second-order valence-electron chi connectivity index (χ2n) is 3.09. The lowest BCUT2D eigenvalue weighted by atomic mass is 10.1. The van der Waals surface area contributed by atoms with E-state index in [4.69, 9.17) is 9.84 Å². The van der Waals surface area contributed by atoms with Crippen LogP contribution in [0.25, 0.3) is 0 Å². The van der Waals surface area contributed by atoms with E-state index in [1.165, 1.54) is 0 Å². The average molecular weight is 273 g/mol. The van der Waals surface area contributed by atoms with Gasteiger partial charge in [0.25, 0.3) is 0 Å². The van der Waals surface area contributed by atoms with Gasteiger partial charge in [-0.2, -0.15) is 0 Å². The van der Waals surface area contributed by atoms with Crippen LogP contribution in [0.3, 0.4) is 0 Å². The van der Waals surface area contributed by atoms with Crippen molar-refractivity contribution >= 4 is 21.9 Å². The smallest absolute Gasteiger partial charge is 0.317 e. The van der Waals surface area contributed by atoms with Crippen LogP contribution in [0, 0.1) is 0 Å². The minimum Gasteiger partial charge on any atom is -0.494 e. The van der Waals surface area contributed by atoms with Crippen LogP contribution in [0.1, 0.15) is 12.5 Å². The van der Waals surface area contributed by atoms with E-state index in [0.29, 0.717) is 13.0 Å². The fourth-order valence-electron chi connectivity index (χ4n) is 1.18. The van der Waals surface area contributed by atoms with Crippen molar-refractivity contribution in [2.24, 2.45) is 0 Å². The highest BCUT2D eigenvalue weighted by molar-refractivity contribution is 9.10. The molecule has 1 rings (SSSR count). The first-order valence-corrected chi connectivity index (χ1v) is 5.63. The number of carboxylic acid groups (broad SMARTS) is 1. The highest BCUT2D eigenvalue weighted by atomic mass is 79.9. The van der Waals surface area contributed by atoms with Crippen LogP contribution in [0.4, 0.5) is 0 Å². The Balaban J connectivity index is 2.60. The molecule has 0 radical (unpaired) electrons. The fourth-order valence-corrected chi connectivity index (χ4v) is 1.56. The Morgan fingerprint density at radius 1 is 1.47 bits per heavy atom. The number of carboxylic acids is 1. The van der Waals surface area contributed by atoms with Gasteiger partial charge < -0.3 is 9.84 Å². The van der Waals surface area contributed by atoms with Gasteiger partial charge in [-0.1, -0.05) is 28.1 Å². The molecule has 0 spiro atoms. The summed E-state index contributed by atoms with van der Waals surface area (Å²) in [7, 11) is 0. The van der Waals surface area contributed by atoms with Crippen molar-refractivity contribution in [3.05, 3.63) is 29.8 Å². The van der Waals surface area contributed by atoms with E-state index in [1.54, 1.807) is 0 Å². The maximum atomic E-state index is 10.6. The summed E-state index contributed by atoms with van der Waals surface area (Å²) in [4.78, 5) is 10.1. The predicted molar refractivity (Wildman–Crippen MR) is 61.7 cm³/mol. The van der Waals surface area contributed by atoms with Gasteiger partial charge in [0.1, 0.15) is 10.6 Å². The summed E-state index contributed by atoms with van der Waals surface area (Å²) in [5.74, 6) is -0.0356. The molecular weight excluding hydrogens is 260 g/mol. The van der Waals surface area contributed by atoms with E-state index in [0.717, 1.165) is 11.3 Å². The van der Waals surface area contributed by atoms with Crippen LogP contribution >= 0.6 is 15.9 Å². The van der Waals surface area contributed by atoms with Crippen molar-refractivity contribution in [3.63, 3.8) is 0 Å². The Bertz CT molecular complexity index is 321. The van der Waals surface area contributed by atoms with E-state index < -0.39 is 10.8 Å². The monoisotopic (exact) mass is 272 g/mol. The van der Waals surface area contributed by atoms with Crippen molar-refractivity contribution in [3.8, 4) is 5.75 Å². The number of benzene rings is 1. The summed E-state index contributed by atoms with van der Waals surface area (Å²) in [6, 6.07) is 7.45. The summed E-state index contributed by atoms with van der Waals surface area (Å²) in [6.45, 7) is 2.56. The molecule has 1 unspecified atom stereocenters. The molecule has 1 atom stereocenters. The first-order chi connectivity index (χ1) is 7.13. The molecule has 1 N–H and O–H groups in total. The molecule has 3 nitrogen and oxygen atoms in total. The lowest BCUT2D eigenvalue weighted by Gasteiger charge is -2.06. The number of halogens is 1. The summed E-state index contributed by atoms with van der Waals surface area (Å²) >= 11 is 3.10. The molecule has 1 aromatic carbocycles. The number of aliphatic carboxylic acids is 1. The molecule has 0 amide bonds. The highest BCUT2D eigenvalue weighted by Crippen LogP contribution is 2.15. The fraction of sp³-hybridized carbons (Fsp3) is 0.364. The zero-order valence-corrected chi connectivity index (χ0v) is 10.0. The molecule has 4 heteroatoms. The van der Waals surface area contributed by atoms with Crippen LogP contribution in [0.5, 0.6) is 5.75 Å². The molecule has 0 aliphatic carbocycles. The minimum atomic E-state index is -0.844. The second-order valence-corrected chi connectivity index (χ2v) is 4.19. The Morgan fingerprint density at radius 2 is 2.07 bits per heavy atom. The standard InChI is InChI=1S/C11H13BrO3/c1-2-15-9-5-3-8(4-6-9)7-10(12)11(13)14/h3-6,10H,2,7H2,1H3,(H,13,14). The topological polar surface area (TPSA) is 46.5 Å². The molecule has 0 aromatic heterocycles. The van der Waals surface area contributed by atoms with E-state index >= 15 is 0 Å². The van der Waals surface area contributed by atoms with Crippen LogP contribution in [0.2, 0.25) is 0 Å². The van der Waals surface area contributed by atoms with E-state index in [-0.39, 0.29) is 0 Å². The molecular formula is C11H13BrO3. The van der Waals surface area contributed by atoms with Crippen molar-refractivity contribution in [1.82, 2.24) is 0 Å². The first kappa shape index (κ1) is 12.0. The highest BCUT2D eigenvalue weighted by Gasteiger charge is 2.13. The third-order valence-electron chi connectivity index (χ3n) is 1.92. The van der Waals surface area contributed by atoms with Gasteiger partial charge in [-0.05, 0) is 31.0 Å². The lowest BCUT2D eigenvalue weighted by molar-refractivity contribution is -0.136. The van der Waals surface area contributed by atoms with Gasteiger partial charge >= 0.3 is 5.97 Å². The summed E-state index contributed by atoms with van der Waals surface area (Å²) < 4.78 is 5.29. The van der Waals surface area contributed by atoms with Gasteiger partial charge in [0.15, 0.2) is 0 Å². The molecule has 0 heterocycles. The Morgan fingerprint density at radius 3 is 2.53 bits per heavy atom. The Hall–Kier alpha value is -1.03. The molecule has 0 fully saturated rings. The van der Waals surface area contributed by atoms with Gasteiger partial charge in [0.2, 0.25) is 0 Å². The molecule has 0 aliphatic rings. The van der Waals surface area contributed by atoms with Gasteiger partial charge in [-0.15, -0.1) is 0 Å². The molecule has 15 heavy (non-hydrogen) atoms. The van der Waals surface area contributed by atoms with Gasteiger partial charge in [-0.25, -0.2) is 0 Å². The maximum absolute atomic E-state index is 10.6. The van der Waals surface area contributed by atoms with Crippen LogP contribution in [0.15, 0.2) is 24.3 Å². The quantitative estimate of drug-likeness (QED) is 0.838. The number of hydrogen-bond acceptors (Lipinski definition) is 2. The first-order valence-electron chi connectivity index (χ1n) is 4.72. The van der Waals surface area contributed by atoms with Crippen molar-refractivity contribution in [1.29, 1.82) is 0 Å². The number of ether oxygens (including phenoxy) is 1. The SMILES string of the molecule is CCOc1ccc(CC(Br)C(=O)O)cc1. The molecule has 1 aromatic rings. The largest absolute Gasteiger partial charge is 0.494 e. The zero-order chi connectivity index (χ0) is 11.3. The molecule has 0 saturated heterocycles. The second kappa shape index (κ2) is 5.75. The van der Waals surface area contributed by atoms with Crippen molar-refractivity contribution in [2.75, 3.05) is 6.61 Å². The lowest BCUT2D eigenvalue weighted by Crippen LogP contribution is -2.15. The Labute approximate surface area is 97.2 Å². The third kappa shape index (κ3) is 3.91. The minimum absolute atomic E-state index is 0.474. The van der Waals surface area contributed by atoms with Crippen LogP contribution < -0.4 is 4.74 Å². The number of rotatable bonds is 5. The molecule has 0 aliphatic heterocycles. The van der Waals surface area contributed by atoms with E-state index in [1.807, 2.05) is 31.2 Å². The van der Waals surface area contributed by atoms with Gasteiger partial charge in [0, 0.05) is 0 Å². The zero-order valence-electron chi connectivity index (χ0n) is 8.44. The summed E-state index contributed by atoms with van der Waals surface area (Å²) in [5.41, 5.74) is 0.975. The molecule has 0 bridgehead atoms. The van der Waals surface area contributed by atoms with Gasteiger partial charge in [0.05, 0.1) is 6.61 Å². The predicted octanol–water partition coefficient (Wildman–Crippen LogP) is 2.48. The number of carbonyl (C=O) groups is 1. The number of hydrogen-bond donors (Lipinski definition) is 1. The summed E-state index contributed by atoms with van der Waals surface area (Å²) in [5, 5.41) is 8.71.